The molecule has 0 aliphatic carbocycles. The summed E-state index contributed by atoms with van der Waals surface area (Å²) in [6.45, 7) is 7.36. The summed E-state index contributed by atoms with van der Waals surface area (Å²) in [7, 11) is 0. The maximum absolute atomic E-state index is 12.9. The third-order valence-electron chi connectivity index (χ3n) is 4.32. The number of ether oxygens (including phenoxy) is 1. The molecule has 0 saturated heterocycles. The first-order valence-corrected chi connectivity index (χ1v) is 9.31. The van der Waals surface area contributed by atoms with Crippen LogP contribution in [0.15, 0.2) is 73.4 Å². The van der Waals surface area contributed by atoms with Gasteiger partial charge in [-0.2, -0.15) is 5.10 Å². The molecule has 1 aromatic heterocycles. The molecule has 29 heavy (non-hydrogen) atoms. The molecule has 148 valence electrons. The lowest BCUT2D eigenvalue weighted by Crippen LogP contribution is -2.35. The second-order valence-corrected chi connectivity index (χ2v) is 6.62. The fraction of sp³-hybridized carbons (Fsp3) is 0.174. The summed E-state index contributed by atoms with van der Waals surface area (Å²) in [5.41, 5.74) is 3.46. The number of nitrogens with zero attached hydrogens (tertiary/aromatic N) is 2. The van der Waals surface area contributed by atoms with Crippen LogP contribution in [0, 0.1) is 6.92 Å². The summed E-state index contributed by atoms with van der Waals surface area (Å²) in [6.07, 6.45) is 2.25. The molecule has 0 radical (unpaired) electrons. The molecule has 2 aromatic carbocycles. The minimum absolute atomic E-state index is 0.294. The van der Waals surface area contributed by atoms with Gasteiger partial charge in [-0.1, -0.05) is 48.0 Å². The fourth-order valence-corrected chi connectivity index (χ4v) is 2.84. The Morgan fingerprint density at radius 2 is 1.97 bits per heavy atom. The van der Waals surface area contributed by atoms with E-state index in [1.807, 2.05) is 61.5 Å². The fourth-order valence-electron chi connectivity index (χ4n) is 2.84. The van der Waals surface area contributed by atoms with Gasteiger partial charge < -0.3 is 10.1 Å². The molecule has 1 amide bonds. The minimum atomic E-state index is -0.937. The van der Waals surface area contributed by atoms with Gasteiger partial charge in [-0.25, -0.2) is 9.48 Å². The molecule has 0 saturated carbocycles. The van der Waals surface area contributed by atoms with Crippen LogP contribution < -0.4 is 5.32 Å². The van der Waals surface area contributed by atoms with E-state index in [2.05, 4.69) is 17.0 Å². The van der Waals surface area contributed by atoms with Gasteiger partial charge in [0.05, 0.1) is 5.69 Å². The third-order valence-corrected chi connectivity index (χ3v) is 4.32. The lowest BCUT2D eigenvalue weighted by atomic mass is 10.1. The monoisotopic (exact) mass is 389 g/mol. The normalized spacial score (nSPS) is 11.5. The highest BCUT2D eigenvalue weighted by Crippen LogP contribution is 2.25. The first kappa shape index (κ1) is 20.1. The number of aromatic nitrogens is 2. The van der Waals surface area contributed by atoms with Crippen LogP contribution in [-0.2, 0) is 9.53 Å². The number of benzene rings is 2. The Labute approximate surface area is 169 Å². The highest BCUT2D eigenvalue weighted by atomic mass is 16.5. The SMILES string of the molecule is C=CCNC(=O)[C@H](C)OC(=O)c1cn(-c2ccccc2)nc1-c1cccc(C)c1. The number of amides is 1. The standard InChI is InChI=1S/C23H23N3O3/c1-4-13-24-22(27)17(3)29-23(28)20-15-26(19-11-6-5-7-12-19)25-21(20)18-10-8-9-16(2)14-18/h4-12,14-15,17H,1,13H2,2-3H3,(H,24,27)/t17-/m0/s1. The number of para-hydroxylation sites is 1. The number of rotatable bonds is 7. The quantitative estimate of drug-likeness (QED) is 0.494. The molecule has 1 heterocycles. The van der Waals surface area contributed by atoms with Crippen molar-refractivity contribution in [2.75, 3.05) is 6.54 Å². The number of nitrogens with one attached hydrogen (secondary N) is 1. The number of aryl methyl sites for hydroxylation is 1. The molecular weight excluding hydrogens is 366 g/mol. The van der Waals surface area contributed by atoms with Gasteiger partial charge in [0.15, 0.2) is 6.10 Å². The number of carbonyl (C=O) groups excluding carboxylic acids is 2. The third kappa shape index (κ3) is 4.79. The van der Waals surface area contributed by atoms with Crippen molar-refractivity contribution >= 4 is 11.9 Å². The zero-order chi connectivity index (χ0) is 20.8. The predicted octanol–water partition coefficient (Wildman–Crippen LogP) is 3.70. The van der Waals surface area contributed by atoms with Crippen molar-refractivity contribution in [2.45, 2.75) is 20.0 Å². The molecule has 6 heteroatoms. The van der Waals surface area contributed by atoms with E-state index in [9.17, 15) is 9.59 Å². The van der Waals surface area contributed by atoms with Crippen LogP contribution in [0.1, 0.15) is 22.8 Å². The molecule has 6 nitrogen and oxygen atoms in total. The molecule has 0 spiro atoms. The Kier molecular flexibility index (Phi) is 6.24. The van der Waals surface area contributed by atoms with E-state index in [0.29, 0.717) is 17.8 Å². The smallest absolute Gasteiger partial charge is 0.342 e. The molecule has 0 aliphatic heterocycles. The average molecular weight is 389 g/mol. The first-order chi connectivity index (χ1) is 14.0. The van der Waals surface area contributed by atoms with Gasteiger partial charge in [0.2, 0.25) is 0 Å². The second-order valence-electron chi connectivity index (χ2n) is 6.62. The molecule has 0 aliphatic rings. The summed E-state index contributed by atoms with van der Waals surface area (Å²) in [5.74, 6) is -0.990. The van der Waals surface area contributed by atoms with Crippen molar-refractivity contribution < 1.29 is 14.3 Å². The Hall–Kier alpha value is -3.67. The van der Waals surface area contributed by atoms with Gasteiger partial charge in [-0.05, 0) is 32.0 Å². The van der Waals surface area contributed by atoms with Crippen molar-refractivity contribution in [3.63, 3.8) is 0 Å². The van der Waals surface area contributed by atoms with E-state index in [0.717, 1.165) is 16.8 Å². The zero-order valence-corrected chi connectivity index (χ0v) is 16.5. The van der Waals surface area contributed by atoms with Crippen LogP contribution in [0.2, 0.25) is 0 Å². The second kappa shape index (κ2) is 9.01. The summed E-state index contributed by atoms with van der Waals surface area (Å²) < 4.78 is 7.03. The van der Waals surface area contributed by atoms with E-state index in [1.54, 1.807) is 17.0 Å². The van der Waals surface area contributed by atoms with Gasteiger partial charge in [0, 0.05) is 18.3 Å². The molecule has 0 unspecified atom stereocenters. The van der Waals surface area contributed by atoms with E-state index in [1.165, 1.54) is 6.92 Å². The lowest BCUT2D eigenvalue weighted by molar-refractivity contribution is -0.128. The summed E-state index contributed by atoms with van der Waals surface area (Å²) >= 11 is 0. The highest BCUT2D eigenvalue weighted by Gasteiger charge is 2.24. The Morgan fingerprint density at radius 1 is 1.21 bits per heavy atom. The number of hydrogen-bond donors (Lipinski definition) is 1. The van der Waals surface area contributed by atoms with E-state index >= 15 is 0 Å². The summed E-state index contributed by atoms with van der Waals surface area (Å²) in [4.78, 5) is 24.9. The minimum Gasteiger partial charge on any atom is -0.449 e. The van der Waals surface area contributed by atoms with Gasteiger partial charge in [-0.3, -0.25) is 4.79 Å². The first-order valence-electron chi connectivity index (χ1n) is 9.31. The van der Waals surface area contributed by atoms with Gasteiger partial charge in [-0.15, -0.1) is 6.58 Å². The molecule has 1 atom stereocenters. The Bertz CT molecular complexity index is 1020. The topological polar surface area (TPSA) is 73.2 Å². The van der Waals surface area contributed by atoms with E-state index in [-0.39, 0.29) is 5.91 Å². The maximum atomic E-state index is 12.9. The zero-order valence-electron chi connectivity index (χ0n) is 16.5. The van der Waals surface area contributed by atoms with Crippen molar-refractivity contribution in [3.05, 3.63) is 84.6 Å². The molecule has 1 N–H and O–H groups in total. The number of carbonyl (C=O) groups is 2. The highest BCUT2D eigenvalue weighted by molar-refractivity contribution is 5.97. The van der Waals surface area contributed by atoms with E-state index in [4.69, 9.17) is 4.74 Å². The largest absolute Gasteiger partial charge is 0.449 e. The molecule has 0 bridgehead atoms. The molecule has 0 fully saturated rings. The van der Waals surface area contributed by atoms with Crippen LogP contribution in [0.25, 0.3) is 16.9 Å². The Balaban J connectivity index is 1.95. The van der Waals surface area contributed by atoms with Crippen LogP contribution >= 0.6 is 0 Å². The van der Waals surface area contributed by atoms with Crippen LogP contribution in [0.5, 0.6) is 0 Å². The molecular formula is C23H23N3O3. The molecule has 3 rings (SSSR count). The predicted molar refractivity (Wildman–Crippen MR) is 112 cm³/mol. The van der Waals surface area contributed by atoms with Crippen molar-refractivity contribution in [1.29, 1.82) is 0 Å². The average Bonchev–Trinajstić information content (AvgIpc) is 3.18. The van der Waals surface area contributed by atoms with Gasteiger partial charge >= 0.3 is 5.97 Å². The van der Waals surface area contributed by atoms with Crippen molar-refractivity contribution in [2.24, 2.45) is 0 Å². The van der Waals surface area contributed by atoms with Crippen molar-refractivity contribution in [3.8, 4) is 16.9 Å². The van der Waals surface area contributed by atoms with Crippen LogP contribution in [-0.4, -0.2) is 34.3 Å². The lowest BCUT2D eigenvalue weighted by Gasteiger charge is -2.12. The summed E-state index contributed by atoms with van der Waals surface area (Å²) in [5, 5.41) is 7.24. The number of esters is 1. The van der Waals surface area contributed by atoms with Crippen molar-refractivity contribution in [1.82, 2.24) is 15.1 Å². The summed E-state index contributed by atoms with van der Waals surface area (Å²) in [6, 6.07) is 17.2. The van der Waals surface area contributed by atoms with Crippen LogP contribution in [0.3, 0.4) is 0 Å². The Morgan fingerprint density at radius 3 is 2.66 bits per heavy atom. The molecule has 3 aromatic rings. The number of hydrogen-bond acceptors (Lipinski definition) is 4. The van der Waals surface area contributed by atoms with Gasteiger partial charge in [0.1, 0.15) is 11.3 Å². The van der Waals surface area contributed by atoms with E-state index < -0.39 is 12.1 Å². The van der Waals surface area contributed by atoms with Crippen LogP contribution in [0.4, 0.5) is 0 Å². The van der Waals surface area contributed by atoms with Gasteiger partial charge in [0.25, 0.3) is 5.91 Å². The maximum Gasteiger partial charge on any atom is 0.342 e.